The van der Waals surface area contributed by atoms with Crippen LogP contribution in [-0.2, 0) is 10.8 Å². The first-order valence-electron chi connectivity index (χ1n) is 7.10. The van der Waals surface area contributed by atoms with Crippen molar-refractivity contribution < 1.29 is 4.43 Å². The number of benzene rings is 1. The summed E-state index contributed by atoms with van der Waals surface area (Å²) in [7, 11) is -1.47. The largest absolute Gasteiger partial charge is 0.412 e. The van der Waals surface area contributed by atoms with Crippen LogP contribution < -0.4 is 5.32 Å². The maximum Gasteiger partial charge on any atom is 0.187 e. The van der Waals surface area contributed by atoms with E-state index in [2.05, 4.69) is 49.6 Å². The van der Waals surface area contributed by atoms with E-state index in [-0.39, 0.29) is 0 Å². The normalized spacial score (nSPS) is 19.2. The van der Waals surface area contributed by atoms with Crippen LogP contribution in [0, 0.1) is 0 Å². The minimum atomic E-state index is -1.47. The van der Waals surface area contributed by atoms with Crippen molar-refractivity contribution in [1.29, 1.82) is 0 Å². The average molecular weight is 263 g/mol. The fourth-order valence-electron chi connectivity index (χ4n) is 2.61. The second-order valence-electron chi connectivity index (χ2n) is 5.85. The minimum absolute atomic E-state index is 0.360. The molecule has 100 valence electrons. The van der Waals surface area contributed by atoms with Gasteiger partial charge in [-0.05, 0) is 30.8 Å². The number of rotatable bonds is 5. The van der Waals surface area contributed by atoms with E-state index in [0.717, 1.165) is 13.0 Å². The van der Waals surface area contributed by atoms with E-state index in [4.69, 9.17) is 4.43 Å². The molecule has 0 amide bonds. The van der Waals surface area contributed by atoms with Crippen molar-refractivity contribution in [3.63, 3.8) is 0 Å². The lowest BCUT2D eigenvalue weighted by molar-refractivity contribution is 0.200. The molecule has 0 saturated heterocycles. The van der Waals surface area contributed by atoms with Gasteiger partial charge >= 0.3 is 0 Å². The lowest BCUT2D eigenvalue weighted by atomic mass is 10.0. The summed E-state index contributed by atoms with van der Waals surface area (Å²) < 4.78 is 6.41. The van der Waals surface area contributed by atoms with E-state index in [9.17, 15) is 0 Å². The first-order valence-corrected chi connectivity index (χ1v) is 10.2. The Kier molecular flexibility index (Phi) is 4.46. The fourth-order valence-corrected chi connectivity index (χ4v) is 5.00. The van der Waals surface area contributed by atoms with Crippen LogP contribution in [0.3, 0.4) is 0 Å². The highest BCUT2D eigenvalue weighted by Gasteiger charge is 2.28. The van der Waals surface area contributed by atoms with Gasteiger partial charge in [-0.15, -0.1) is 0 Å². The van der Waals surface area contributed by atoms with Crippen molar-refractivity contribution in [2.75, 3.05) is 11.9 Å². The van der Waals surface area contributed by atoms with Gasteiger partial charge in [-0.25, -0.2) is 0 Å². The highest BCUT2D eigenvalue weighted by Crippen LogP contribution is 2.25. The van der Waals surface area contributed by atoms with Crippen LogP contribution in [0.25, 0.3) is 0 Å². The SMILES string of the molecule is CCCC[Si](C)(C)OC1CNc2ccccc2C1. The quantitative estimate of drug-likeness (QED) is 0.809. The molecule has 0 aromatic heterocycles. The molecule has 1 unspecified atom stereocenters. The Morgan fingerprint density at radius 3 is 2.89 bits per heavy atom. The van der Waals surface area contributed by atoms with Gasteiger partial charge in [0.25, 0.3) is 0 Å². The zero-order valence-corrected chi connectivity index (χ0v) is 12.8. The Labute approximate surface area is 112 Å². The molecule has 1 N–H and O–H groups in total. The fraction of sp³-hybridized carbons (Fsp3) is 0.600. The monoisotopic (exact) mass is 263 g/mol. The van der Waals surface area contributed by atoms with E-state index >= 15 is 0 Å². The number of nitrogens with one attached hydrogen (secondary N) is 1. The lowest BCUT2D eigenvalue weighted by Crippen LogP contribution is -2.41. The lowest BCUT2D eigenvalue weighted by Gasteiger charge is -2.33. The number of unbranched alkanes of at least 4 members (excludes halogenated alkanes) is 1. The minimum Gasteiger partial charge on any atom is -0.412 e. The third-order valence-electron chi connectivity index (χ3n) is 3.60. The number of anilines is 1. The van der Waals surface area contributed by atoms with Crippen LogP contribution >= 0.6 is 0 Å². The highest BCUT2D eigenvalue weighted by atomic mass is 28.4. The van der Waals surface area contributed by atoms with Crippen LogP contribution in [0.15, 0.2) is 24.3 Å². The Balaban J connectivity index is 1.93. The summed E-state index contributed by atoms with van der Waals surface area (Å²) in [6.45, 7) is 7.91. The van der Waals surface area contributed by atoms with Crippen LogP contribution in [0.2, 0.25) is 19.1 Å². The van der Waals surface area contributed by atoms with Gasteiger partial charge in [0.15, 0.2) is 8.32 Å². The molecule has 1 aromatic carbocycles. The van der Waals surface area contributed by atoms with Crippen molar-refractivity contribution in [2.45, 2.75) is 51.4 Å². The Hall–Kier alpha value is -0.803. The number of hydrogen-bond donors (Lipinski definition) is 1. The van der Waals surface area contributed by atoms with Crippen LogP contribution in [0.4, 0.5) is 5.69 Å². The van der Waals surface area contributed by atoms with Gasteiger partial charge in [0.05, 0.1) is 6.10 Å². The summed E-state index contributed by atoms with van der Waals surface area (Å²) in [5.74, 6) is 0. The van der Waals surface area contributed by atoms with Crippen LogP contribution in [0.1, 0.15) is 25.3 Å². The third kappa shape index (κ3) is 3.59. The maximum atomic E-state index is 6.41. The third-order valence-corrected chi connectivity index (χ3v) is 6.13. The van der Waals surface area contributed by atoms with Gasteiger partial charge in [0.1, 0.15) is 0 Å². The Morgan fingerprint density at radius 1 is 1.33 bits per heavy atom. The van der Waals surface area contributed by atoms with Gasteiger partial charge in [-0.3, -0.25) is 0 Å². The van der Waals surface area contributed by atoms with Gasteiger partial charge in [0.2, 0.25) is 0 Å². The van der Waals surface area contributed by atoms with Gasteiger partial charge in [-0.1, -0.05) is 38.0 Å². The smallest absolute Gasteiger partial charge is 0.187 e. The molecular weight excluding hydrogens is 238 g/mol. The molecule has 1 aliphatic rings. The molecule has 0 fully saturated rings. The molecule has 1 atom stereocenters. The van der Waals surface area contributed by atoms with Crippen molar-refractivity contribution in [2.24, 2.45) is 0 Å². The van der Waals surface area contributed by atoms with E-state index in [1.165, 1.54) is 30.1 Å². The predicted molar refractivity (Wildman–Crippen MR) is 80.7 cm³/mol. The molecule has 1 aromatic rings. The second-order valence-corrected chi connectivity index (χ2v) is 10.1. The van der Waals surface area contributed by atoms with E-state index < -0.39 is 8.32 Å². The Bertz CT molecular complexity index is 392. The highest BCUT2D eigenvalue weighted by molar-refractivity contribution is 6.71. The molecule has 2 rings (SSSR count). The van der Waals surface area contributed by atoms with Crippen LogP contribution in [-0.4, -0.2) is 21.0 Å². The average Bonchev–Trinajstić information content (AvgIpc) is 2.36. The van der Waals surface area contributed by atoms with Gasteiger partial charge < -0.3 is 9.74 Å². The summed E-state index contributed by atoms with van der Waals surface area (Å²) in [5, 5.41) is 3.49. The van der Waals surface area contributed by atoms with E-state index in [1.807, 2.05) is 0 Å². The molecule has 0 saturated carbocycles. The number of para-hydroxylation sites is 1. The molecule has 0 radical (unpaired) electrons. The predicted octanol–water partition coefficient (Wildman–Crippen LogP) is 4.05. The van der Waals surface area contributed by atoms with E-state index in [0.29, 0.717) is 6.10 Å². The Morgan fingerprint density at radius 2 is 2.11 bits per heavy atom. The number of hydrogen-bond acceptors (Lipinski definition) is 2. The zero-order valence-electron chi connectivity index (χ0n) is 11.8. The molecule has 1 aliphatic heterocycles. The molecule has 2 nitrogen and oxygen atoms in total. The van der Waals surface area contributed by atoms with Crippen molar-refractivity contribution in [1.82, 2.24) is 0 Å². The summed E-state index contributed by atoms with van der Waals surface area (Å²) in [6, 6.07) is 9.85. The first-order chi connectivity index (χ1) is 8.61. The summed E-state index contributed by atoms with van der Waals surface area (Å²) in [6.07, 6.45) is 3.99. The van der Waals surface area contributed by atoms with Crippen LogP contribution in [0.5, 0.6) is 0 Å². The van der Waals surface area contributed by atoms with Gasteiger partial charge in [0, 0.05) is 18.7 Å². The van der Waals surface area contributed by atoms with Crippen molar-refractivity contribution in [3.8, 4) is 0 Å². The molecule has 1 heterocycles. The summed E-state index contributed by atoms with van der Waals surface area (Å²) in [4.78, 5) is 0. The van der Waals surface area contributed by atoms with Crippen molar-refractivity contribution >= 4 is 14.0 Å². The van der Waals surface area contributed by atoms with E-state index in [1.54, 1.807) is 0 Å². The maximum absolute atomic E-state index is 6.41. The molecule has 0 bridgehead atoms. The van der Waals surface area contributed by atoms with Crippen molar-refractivity contribution in [3.05, 3.63) is 29.8 Å². The number of fused-ring (bicyclic) bond motifs is 1. The summed E-state index contributed by atoms with van der Waals surface area (Å²) in [5.41, 5.74) is 2.68. The molecule has 3 heteroatoms. The second kappa shape index (κ2) is 5.89. The standard InChI is InChI=1S/C15H25NOSi/c1-4-5-10-18(2,3)17-14-11-13-8-6-7-9-15(13)16-12-14/h6-9,14,16H,4-5,10-12H2,1-3H3. The topological polar surface area (TPSA) is 21.3 Å². The molecule has 0 spiro atoms. The first kappa shape index (κ1) is 13.6. The molecule has 18 heavy (non-hydrogen) atoms. The zero-order chi connectivity index (χ0) is 13.0. The van der Waals surface area contributed by atoms with Gasteiger partial charge in [-0.2, -0.15) is 0 Å². The summed E-state index contributed by atoms with van der Waals surface area (Å²) >= 11 is 0. The molecular formula is C15H25NOSi. The molecule has 0 aliphatic carbocycles.